The number of para-hydroxylation sites is 1. The van der Waals surface area contributed by atoms with Crippen LogP contribution >= 0.6 is 27.3 Å². The van der Waals surface area contributed by atoms with Gasteiger partial charge in [0.15, 0.2) is 0 Å². The van der Waals surface area contributed by atoms with Crippen molar-refractivity contribution in [2.45, 2.75) is 19.4 Å². The number of rotatable bonds is 4. The Kier molecular flexibility index (Phi) is 4.38. The Morgan fingerprint density at radius 3 is 2.76 bits per heavy atom. The monoisotopic (exact) mass is 360 g/mol. The number of hydrogen-bond donors (Lipinski definition) is 1. The predicted molar refractivity (Wildman–Crippen MR) is 94.0 cm³/mol. The van der Waals surface area contributed by atoms with Crippen LogP contribution in [0.5, 0.6) is 0 Å². The van der Waals surface area contributed by atoms with E-state index in [1.54, 1.807) is 11.3 Å². The van der Waals surface area contributed by atoms with Crippen LogP contribution in [0.4, 0.5) is 0 Å². The molecule has 0 radical (unpaired) electrons. The van der Waals surface area contributed by atoms with Gasteiger partial charge in [0.1, 0.15) is 0 Å². The van der Waals surface area contributed by atoms with Gasteiger partial charge in [-0.1, -0.05) is 24.3 Å². The van der Waals surface area contributed by atoms with Crippen molar-refractivity contribution in [1.29, 1.82) is 0 Å². The lowest BCUT2D eigenvalue weighted by molar-refractivity contribution is 0.595. The molecule has 0 aliphatic heterocycles. The summed E-state index contributed by atoms with van der Waals surface area (Å²) in [6.45, 7) is 2.13. The first-order chi connectivity index (χ1) is 10.2. The summed E-state index contributed by atoms with van der Waals surface area (Å²) >= 11 is 5.40. The molecule has 0 bridgehead atoms. The Balaban J connectivity index is 1.88. The molecule has 4 heteroatoms. The first kappa shape index (κ1) is 14.7. The highest BCUT2D eigenvalue weighted by Crippen LogP contribution is 2.32. The van der Waals surface area contributed by atoms with Crippen LogP contribution in [0.3, 0.4) is 0 Å². The first-order valence-electron chi connectivity index (χ1n) is 6.95. The topological polar surface area (TPSA) is 24.9 Å². The second kappa shape index (κ2) is 6.26. The molecule has 2 heterocycles. The number of pyridine rings is 1. The number of hydrogen-bond acceptors (Lipinski definition) is 3. The Bertz CT molecular complexity index is 747. The zero-order chi connectivity index (χ0) is 14.8. The summed E-state index contributed by atoms with van der Waals surface area (Å²) in [5.41, 5.74) is 3.48. The van der Waals surface area contributed by atoms with Gasteiger partial charge in [-0.25, -0.2) is 0 Å². The molecule has 0 aliphatic carbocycles. The predicted octanol–water partition coefficient (Wildman–Crippen LogP) is 4.87. The molecular weight excluding hydrogens is 344 g/mol. The molecule has 1 aromatic carbocycles. The van der Waals surface area contributed by atoms with Crippen LogP contribution in [0.2, 0.25) is 0 Å². The number of nitrogens with zero attached hydrogens (tertiary/aromatic N) is 1. The number of halogens is 1. The van der Waals surface area contributed by atoms with Crippen LogP contribution in [-0.4, -0.2) is 12.0 Å². The Morgan fingerprint density at radius 1 is 1.24 bits per heavy atom. The highest BCUT2D eigenvalue weighted by molar-refractivity contribution is 9.11. The largest absolute Gasteiger partial charge is 0.312 e. The molecule has 2 aromatic heterocycles. The third-order valence-corrected chi connectivity index (χ3v) is 5.89. The minimum Gasteiger partial charge on any atom is -0.312 e. The average molecular weight is 361 g/mol. The maximum absolute atomic E-state index is 4.77. The number of likely N-dealkylation sites (N-methyl/N-ethyl adjacent to an activating group) is 1. The van der Waals surface area contributed by atoms with E-state index in [4.69, 9.17) is 4.98 Å². The fourth-order valence-electron chi connectivity index (χ4n) is 2.43. The molecule has 2 nitrogen and oxygen atoms in total. The molecule has 0 amide bonds. The number of nitrogens with one attached hydrogen (secondary N) is 1. The van der Waals surface area contributed by atoms with E-state index in [2.05, 4.69) is 58.5 Å². The summed E-state index contributed by atoms with van der Waals surface area (Å²) in [7, 11) is 2.01. The van der Waals surface area contributed by atoms with Crippen molar-refractivity contribution in [3.63, 3.8) is 0 Å². The summed E-state index contributed by atoms with van der Waals surface area (Å²) in [5, 5.41) is 4.60. The van der Waals surface area contributed by atoms with E-state index in [1.807, 2.05) is 19.2 Å². The van der Waals surface area contributed by atoms with Gasteiger partial charge < -0.3 is 5.32 Å². The van der Waals surface area contributed by atoms with Crippen LogP contribution in [0.15, 0.2) is 46.3 Å². The standard InChI is InChI=1S/C17H17BrN2S/c1-11-9-16(21-17(11)18)15(19-2)10-13-8-7-12-5-3-4-6-14(12)20-13/h3-9,15,19H,10H2,1-2H3. The molecule has 108 valence electrons. The summed E-state index contributed by atoms with van der Waals surface area (Å²) < 4.78 is 1.21. The Labute approximate surface area is 137 Å². The van der Waals surface area contributed by atoms with Gasteiger partial charge in [0, 0.05) is 28.4 Å². The van der Waals surface area contributed by atoms with Crippen LogP contribution < -0.4 is 5.32 Å². The quantitative estimate of drug-likeness (QED) is 0.717. The second-order valence-electron chi connectivity index (χ2n) is 5.15. The molecule has 3 rings (SSSR count). The summed E-state index contributed by atoms with van der Waals surface area (Å²) in [6.07, 6.45) is 0.897. The van der Waals surface area contributed by atoms with Crippen molar-refractivity contribution in [3.8, 4) is 0 Å². The third kappa shape index (κ3) is 3.18. The van der Waals surface area contributed by atoms with Gasteiger partial charge in [0.05, 0.1) is 9.30 Å². The van der Waals surface area contributed by atoms with Gasteiger partial charge in [-0.2, -0.15) is 0 Å². The molecule has 0 saturated heterocycles. The second-order valence-corrected chi connectivity index (χ2v) is 7.55. The highest BCUT2D eigenvalue weighted by Gasteiger charge is 2.15. The molecular formula is C17H17BrN2S. The molecule has 21 heavy (non-hydrogen) atoms. The summed E-state index contributed by atoms with van der Waals surface area (Å²) in [5.74, 6) is 0. The lowest BCUT2D eigenvalue weighted by Crippen LogP contribution is -2.18. The zero-order valence-corrected chi connectivity index (χ0v) is 14.5. The minimum atomic E-state index is 0.300. The van der Waals surface area contributed by atoms with Crippen molar-refractivity contribution in [2.75, 3.05) is 7.05 Å². The van der Waals surface area contributed by atoms with E-state index in [0.29, 0.717) is 6.04 Å². The van der Waals surface area contributed by atoms with Gasteiger partial charge in [0.25, 0.3) is 0 Å². The van der Waals surface area contributed by atoms with Gasteiger partial charge in [-0.15, -0.1) is 11.3 Å². The molecule has 0 aliphatic rings. The molecule has 0 fully saturated rings. The Hall–Kier alpha value is -1.23. The summed E-state index contributed by atoms with van der Waals surface area (Å²) in [6, 6.07) is 15.1. The van der Waals surface area contributed by atoms with Crippen LogP contribution in [0.25, 0.3) is 10.9 Å². The van der Waals surface area contributed by atoms with E-state index in [1.165, 1.54) is 19.6 Å². The Morgan fingerprint density at radius 2 is 2.05 bits per heavy atom. The van der Waals surface area contributed by atoms with Crippen molar-refractivity contribution in [2.24, 2.45) is 0 Å². The van der Waals surface area contributed by atoms with E-state index in [-0.39, 0.29) is 0 Å². The average Bonchev–Trinajstić information content (AvgIpc) is 2.84. The van der Waals surface area contributed by atoms with Gasteiger partial charge in [0.2, 0.25) is 0 Å². The van der Waals surface area contributed by atoms with Crippen molar-refractivity contribution in [1.82, 2.24) is 10.3 Å². The van der Waals surface area contributed by atoms with E-state index >= 15 is 0 Å². The van der Waals surface area contributed by atoms with E-state index in [0.717, 1.165) is 17.6 Å². The number of aryl methyl sites for hydroxylation is 1. The fourth-order valence-corrected chi connectivity index (χ4v) is 4.11. The van der Waals surface area contributed by atoms with Gasteiger partial charge >= 0.3 is 0 Å². The summed E-state index contributed by atoms with van der Waals surface area (Å²) in [4.78, 5) is 6.11. The molecule has 0 saturated carbocycles. The van der Waals surface area contributed by atoms with E-state index in [9.17, 15) is 0 Å². The first-order valence-corrected chi connectivity index (χ1v) is 8.56. The number of thiophene rings is 1. The van der Waals surface area contributed by atoms with Crippen LogP contribution in [0.1, 0.15) is 22.2 Å². The molecule has 1 atom stereocenters. The highest BCUT2D eigenvalue weighted by atomic mass is 79.9. The smallest absolute Gasteiger partial charge is 0.0731 e. The molecule has 1 N–H and O–H groups in total. The fraction of sp³-hybridized carbons (Fsp3) is 0.235. The van der Waals surface area contributed by atoms with Crippen LogP contribution in [0, 0.1) is 6.92 Å². The third-order valence-electron chi connectivity index (χ3n) is 3.64. The van der Waals surface area contributed by atoms with E-state index < -0.39 is 0 Å². The normalized spacial score (nSPS) is 12.7. The van der Waals surface area contributed by atoms with Gasteiger partial charge in [-0.3, -0.25) is 4.98 Å². The number of aromatic nitrogens is 1. The van der Waals surface area contributed by atoms with Crippen molar-refractivity contribution >= 4 is 38.2 Å². The molecule has 3 aromatic rings. The van der Waals surface area contributed by atoms with Crippen molar-refractivity contribution in [3.05, 3.63) is 62.4 Å². The maximum atomic E-state index is 4.77. The van der Waals surface area contributed by atoms with Crippen molar-refractivity contribution < 1.29 is 0 Å². The van der Waals surface area contributed by atoms with Gasteiger partial charge in [-0.05, 0) is 53.7 Å². The number of benzene rings is 1. The zero-order valence-electron chi connectivity index (χ0n) is 12.1. The SMILES string of the molecule is CNC(Cc1ccc2ccccc2n1)c1cc(C)c(Br)s1. The maximum Gasteiger partial charge on any atom is 0.0731 e. The molecule has 0 spiro atoms. The minimum absolute atomic E-state index is 0.300. The molecule has 1 unspecified atom stereocenters. The number of fused-ring (bicyclic) bond motifs is 1. The lowest BCUT2D eigenvalue weighted by Gasteiger charge is -2.14. The van der Waals surface area contributed by atoms with Crippen LogP contribution in [-0.2, 0) is 6.42 Å². The lowest BCUT2D eigenvalue weighted by atomic mass is 10.1.